The van der Waals surface area contributed by atoms with E-state index in [-0.39, 0.29) is 30.5 Å². The number of methoxy groups -OCH3 is 1. The van der Waals surface area contributed by atoms with Crippen molar-refractivity contribution in [2.75, 3.05) is 32.1 Å². The lowest BCUT2D eigenvalue weighted by molar-refractivity contribution is 0.109. The van der Waals surface area contributed by atoms with Crippen molar-refractivity contribution in [1.29, 1.82) is 0 Å². The number of hydrogen-bond donors (Lipinski definition) is 0. The number of para-hydroxylation sites is 2. The molecule has 1 heterocycles. The Kier molecular flexibility index (Phi) is 8.75. The van der Waals surface area contributed by atoms with Crippen LogP contribution in [0.1, 0.15) is 31.7 Å². The van der Waals surface area contributed by atoms with Gasteiger partial charge in [-0.2, -0.15) is 0 Å². The molecule has 0 aliphatic carbocycles. The smallest absolute Gasteiger partial charge is 0.142 e. The van der Waals surface area contributed by atoms with Crippen molar-refractivity contribution in [2.45, 2.75) is 31.8 Å². The third-order valence-corrected chi connectivity index (χ3v) is 5.36. The third kappa shape index (κ3) is 3.95. The first-order valence-electron chi connectivity index (χ1n) is 8.91. The molecule has 1 saturated heterocycles. The molecule has 1 atom stereocenters. The molecule has 3 rings (SSSR count). The van der Waals surface area contributed by atoms with Crippen LogP contribution in [0.5, 0.6) is 5.75 Å². The van der Waals surface area contributed by atoms with E-state index in [1.165, 1.54) is 18.4 Å². The van der Waals surface area contributed by atoms with Gasteiger partial charge in [-0.1, -0.05) is 49.4 Å². The molecule has 144 valence electrons. The molecule has 2 aromatic carbocycles. The minimum absolute atomic E-state index is 0. The zero-order valence-corrected chi connectivity index (χ0v) is 17.5. The molecule has 0 radical (unpaired) electrons. The summed E-state index contributed by atoms with van der Waals surface area (Å²) in [6.07, 6.45) is 3.56. The Morgan fingerprint density at radius 2 is 1.54 bits per heavy atom. The van der Waals surface area contributed by atoms with E-state index in [1.807, 2.05) is 12.1 Å². The second-order valence-electron chi connectivity index (χ2n) is 6.46. The number of anilines is 1. The second kappa shape index (κ2) is 10.1. The summed E-state index contributed by atoms with van der Waals surface area (Å²) in [5.41, 5.74) is 2.34. The molecular formula is C21H30Cl2N2O. The second-order valence-corrected chi connectivity index (χ2v) is 6.46. The number of ether oxygens (including phenoxy) is 1. The van der Waals surface area contributed by atoms with Crippen molar-refractivity contribution >= 4 is 30.5 Å². The van der Waals surface area contributed by atoms with Crippen LogP contribution < -0.4 is 9.64 Å². The van der Waals surface area contributed by atoms with Crippen LogP contribution in [0.2, 0.25) is 0 Å². The molecule has 26 heavy (non-hydrogen) atoms. The maximum Gasteiger partial charge on any atom is 0.142 e. The number of halogens is 2. The zero-order chi connectivity index (χ0) is 17.0. The van der Waals surface area contributed by atoms with E-state index in [2.05, 4.69) is 66.2 Å². The Hall–Kier alpha value is -1.42. The molecule has 0 aromatic heterocycles. The van der Waals surface area contributed by atoms with Crippen LogP contribution in [0.15, 0.2) is 54.6 Å². The summed E-state index contributed by atoms with van der Waals surface area (Å²) in [7, 11) is 3.95. The molecule has 3 nitrogen and oxygen atoms in total. The van der Waals surface area contributed by atoms with Gasteiger partial charge in [-0.3, -0.25) is 4.90 Å². The standard InChI is InChI=1S/C21H28N2O.2ClH/c1-4-21(23-16-10-11-17-23,18-12-6-5-7-13-18)22(2)19-14-8-9-15-20(19)24-3;;/h5-9,12-15H,4,10-11,16-17H2,1-3H3;2*1H/t21-;;/m0../s1. The number of rotatable bonds is 6. The summed E-state index contributed by atoms with van der Waals surface area (Å²) >= 11 is 0. The molecule has 0 amide bonds. The van der Waals surface area contributed by atoms with Crippen LogP contribution in [-0.2, 0) is 5.66 Å². The lowest BCUT2D eigenvalue weighted by Gasteiger charge is -2.49. The average molecular weight is 397 g/mol. The highest BCUT2D eigenvalue weighted by atomic mass is 35.5. The molecule has 5 heteroatoms. The first-order chi connectivity index (χ1) is 11.7. The number of hydrogen-bond acceptors (Lipinski definition) is 3. The fraction of sp³-hybridized carbons (Fsp3) is 0.429. The van der Waals surface area contributed by atoms with Crippen LogP contribution in [0.4, 0.5) is 5.69 Å². The van der Waals surface area contributed by atoms with Crippen molar-refractivity contribution in [3.8, 4) is 5.75 Å². The Morgan fingerprint density at radius 1 is 0.962 bits per heavy atom. The van der Waals surface area contributed by atoms with Gasteiger partial charge in [-0.15, -0.1) is 24.8 Å². The van der Waals surface area contributed by atoms with Gasteiger partial charge in [0.25, 0.3) is 0 Å². The van der Waals surface area contributed by atoms with E-state index in [1.54, 1.807) is 7.11 Å². The van der Waals surface area contributed by atoms with Crippen molar-refractivity contribution in [1.82, 2.24) is 4.90 Å². The van der Waals surface area contributed by atoms with Crippen molar-refractivity contribution in [2.24, 2.45) is 0 Å². The number of benzene rings is 2. The van der Waals surface area contributed by atoms with Gasteiger partial charge in [-0.05, 0) is 37.0 Å². The molecule has 1 aliphatic heterocycles. The molecule has 1 fully saturated rings. The summed E-state index contributed by atoms with van der Waals surface area (Å²) in [6, 6.07) is 19.2. The average Bonchev–Trinajstić information content (AvgIpc) is 3.18. The number of nitrogens with zero attached hydrogens (tertiary/aromatic N) is 2. The van der Waals surface area contributed by atoms with Crippen molar-refractivity contribution < 1.29 is 4.74 Å². The lowest BCUT2D eigenvalue weighted by atomic mass is 9.92. The van der Waals surface area contributed by atoms with Crippen LogP contribution in [0, 0.1) is 0 Å². The van der Waals surface area contributed by atoms with Gasteiger partial charge in [0.1, 0.15) is 11.4 Å². The summed E-state index contributed by atoms with van der Waals surface area (Å²) < 4.78 is 5.64. The molecule has 0 bridgehead atoms. The molecule has 0 saturated carbocycles. The predicted octanol–water partition coefficient (Wildman–Crippen LogP) is 5.33. The van der Waals surface area contributed by atoms with Crippen LogP contribution in [0.25, 0.3) is 0 Å². The topological polar surface area (TPSA) is 15.7 Å². The van der Waals surface area contributed by atoms with E-state index in [0.717, 1.165) is 30.9 Å². The minimum atomic E-state index is -0.146. The van der Waals surface area contributed by atoms with E-state index < -0.39 is 0 Å². The van der Waals surface area contributed by atoms with Gasteiger partial charge in [0.15, 0.2) is 0 Å². The Bertz CT molecular complexity index is 662. The minimum Gasteiger partial charge on any atom is -0.495 e. The van der Waals surface area contributed by atoms with E-state index >= 15 is 0 Å². The van der Waals surface area contributed by atoms with Gasteiger partial charge < -0.3 is 9.64 Å². The lowest BCUT2D eigenvalue weighted by Crippen LogP contribution is -2.56. The quantitative estimate of drug-likeness (QED) is 0.655. The summed E-state index contributed by atoms with van der Waals surface area (Å²) in [4.78, 5) is 5.04. The summed E-state index contributed by atoms with van der Waals surface area (Å²) in [5, 5.41) is 0. The highest BCUT2D eigenvalue weighted by molar-refractivity contribution is 5.85. The maximum atomic E-state index is 5.64. The van der Waals surface area contributed by atoms with E-state index in [9.17, 15) is 0 Å². The number of likely N-dealkylation sites (tertiary alicyclic amines) is 1. The predicted molar refractivity (Wildman–Crippen MR) is 115 cm³/mol. The van der Waals surface area contributed by atoms with Crippen molar-refractivity contribution in [3.05, 3.63) is 60.2 Å². The van der Waals surface area contributed by atoms with Crippen LogP contribution in [-0.4, -0.2) is 32.1 Å². The maximum absolute atomic E-state index is 5.64. The fourth-order valence-electron chi connectivity index (χ4n) is 4.15. The molecular weight excluding hydrogens is 367 g/mol. The molecule has 0 N–H and O–H groups in total. The molecule has 1 aliphatic rings. The van der Waals surface area contributed by atoms with Gasteiger partial charge in [-0.25, -0.2) is 0 Å². The zero-order valence-electron chi connectivity index (χ0n) is 15.9. The monoisotopic (exact) mass is 396 g/mol. The molecule has 2 aromatic rings. The highest BCUT2D eigenvalue weighted by Crippen LogP contribution is 2.42. The first-order valence-corrected chi connectivity index (χ1v) is 8.91. The summed E-state index contributed by atoms with van der Waals surface area (Å²) in [6.45, 7) is 4.57. The van der Waals surface area contributed by atoms with Gasteiger partial charge in [0.2, 0.25) is 0 Å². The van der Waals surface area contributed by atoms with E-state index in [4.69, 9.17) is 4.74 Å². The summed E-state index contributed by atoms with van der Waals surface area (Å²) in [5.74, 6) is 0.924. The van der Waals surface area contributed by atoms with Crippen LogP contribution >= 0.6 is 24.8 Å². The third-order valence-electron chi connectivity index (χ3n) is 5.36. The highest BCUT2D eigenvalue weighted by Gasteiger charge is 2.42. The van der Waals surface area contributed by atoms with E-state index in [0.29, 0.717) is 0 Å². The Morgan fingerprint density at radius 3 is 2.12 bits per heavy atom. The normalized spacial score (nSPS) is 16.1. The first kappa shape index (κ1) is 22.6. The Labute approximate surface area is 170 Å². The molecule has 0 unspecified atom stereocenters. The van der Waals surface area contributed by atoms with Crippen LogP contribution in [0.3, 0.4) is 0 Å². The van der Waals surface area contributed by atoms with Crippen molar-refractivity contribution in [3.63, 3.8) is 0 Å². The fourth-order valence-corrected chi connectivity index (χ4v) is 4.15. The molecule has 0 spiro atoms. The Balaban J connectivity index is 0.00000169. The van der Waals surface area contributed by atoms with Gasteiger partial charge >= 0.3 is 0 Å². The van der Waals surface area contributed by atoms with Gasteiger partial charge in [0, 0.05) is 20.1 Å². The SMILES string of the molecule is CC[C@@](c1ccccc1)(N1CCCC1)N(C)c1ccccc1OC.Cl.Cl. The largest absolute Gasteiger partial charge is 0.495 e. The van der Waals surface area contributed by atoms with Gasteiger partial charge in [0.05, 0.1) is 12.8 Å².